The summed E-state index contributed by atoms with van der Waals surface area (Å²) in [7, 11) is 0. The predicted molar refractivity (Wildman–Crippen MR) is 84.8 cm³/mol. The van der Waals surface area contributed by atoms with Gasteiger partial charge in [0.2, 0.25) is 0 Å². The summed E-state index contributed by atoms with van der Waals surface area (Å²) in [5, 5.41) is 2.83. The number of fused-ring (bicyclic) bond motifs is 2. The normalized spacial score (nSPS) is 29.5. The van der Waals surface area contributed by atoms with Gasteiger partial charge in [-0.2, -0.15) is 0 Å². The first kappa shape index (κ1) is 12.9. The zero-order valence-corrected chi connectivity index (χ0v) is 13.3. The summed E-state index contributed by atoms with van der Waals surface area (Å²) in [5.74, 6) is 0.852. The van der Waals surface area contributed by atoms with E-state index in [4.69, 9.17) is 4.74 Å². The van der Waals surface area contributed by atoms with E-state index in [2.05, 4.69) is 42.5 Å². The molecule has 0 spiro atoms. The van der Waals surface area contributed by atoms with Crippen LogP contribution in [0.25, 0.3) is 10.8 Å². The van der Waals surface area contributed by atoms with Crippen molar-refractivity contribution in [1.29, 1.82) is 0 Å². The summed E-state index contributed by atoms with van der Waals surface area (Å²) in [6.07, 6.45) is 6.02. The first-order valence-corrected chi connectivity index (χ1v) is 9.52. The topological polar surface area (TPSA) is 9.23 Å². The maximum atomic E-state index is 6.07. The summed E-state index contributed by atoms with van der Waals surface area (Å²) < 4.78 is 7.64. The molecule has 1 heterocycles. The Bertz CT molecular complexity index is 604. The molecule has 0 aromatic heterocycles. The zero-order valence-electron chi connectivity index (χ0n) is 11.6. The van der Waals surface area contributed by atoms with Crippen LogP contribution in [-0.2, 0) is 4.74 Å². The summed E-state index contributed by atoms with van der Waals surface area (Å²) >= 11 is 0.536. The molecule has 1 aliphatic carbocycles. The second-order valence-corrected chi connectivity index (χ2v) is 8.64. The summed E-state index contributed by atoms with van der Waals surface area (Å²) in [5.41, 5.74) is 0. The fourth-order valence-corrected chi connectivity index (χ4v) is 6.89. The summed E-state index contributed by atoms with van der Waals surface area (Å²) in [6, 6.07) is 15.6. The second kappa shape index (κ2) is 5.52. The fraction of sp³-hybridized carbons (Fsp3) is 0.444. The summed E-state index contributed by atoms with van der Waals surface area (Å²) in [6.45, 7) is 0.997. The van der Waals surface area contributed by atoms with Gasteiger partial charge in [-0.1, -0.05) is 0 Å². The van der Waals surface area contributed by atoms with Crippen LogP contribution in [-0.4, -0.2) is 27.7 Å². The molecule has 1 saturated carbocycles. The standard InChI is InChI=1S/C18H20OSe/c1-2-8-15-13(5-1)6-3-9-16(15)20-17-10-4-7-14-11-12-19-18(14)17/h1-3,5-6,8-9,14,17-18H,4,7,10-12H2/t14-,17+,18+/m1/s1. The van der Waals surface area contributed by atoms with Gasteiger partial charge in [0.1, 0.15) is 0 Å². The van der Waals surface area contributed by atoms with E-state index in [9.17, 15) is 0 Å². The first-order valence-electron chi connectivity index (χ1n) is 7.68. The van der Waals surface area contributed by atoms with Crippen LogP contribution in [0.2, 0.25) is 4.82 Å². The molecule has 2 aromatic carbocycles. The Kier molecular flexibility index (Phi) is 3.56. The van der Waals surface area contributed by atoms with Crippen molar-refractivity contribution in [3.05, 3.63) is 42.5 Å². The van der Waals surface area contributed by atoms with Gasteiger partial charge in [0.05, 0.1) is 0 Å². The van der Waals surface area contributed by atoms with Crippen molar-refractivity contribution in [3.63, 3.8) is 0 Å². The van der Waals surface area contributed by atoms with E-state index >= 15 is 0 Å². The van der Waals surface area contributed by atoms with Crippen molar-refractivity contribution in [2.24, 2.45) is 5.92 Å². The van der Waals surface area contributed by atoms with Crippen molar-refractivity contribution in [3.8, 4) is 0 Å². The minimum absolute atomic E-state index is 0.536. The molecule has 20 heavy (non-hydrogen) atoms. The monoisotopic (exact) mass is 332 g/mol. The van der Waals surface area contributed by atoms with Crippen molar-refractivity contribution in [2.75, 3.05) is 6.61 Å². The number of benzene rings is 2. The van der Waals surface area contributed by atoms with Crippen LogP contribution in [0, 0.1) is 5.92 Å². The van der Waals surface area contributed by atoms with E-state index < -0.39 is 0 Å². The Morgan fingerprint density at radius 3 is 2.85 bits per heavy atom. The number of hydrogen-bond donors (Lipinski definition) is 0. The van der Waals surface area contributed by atoms with Gasteiger partial charge in [0, 0.05) is 0 Å². The minimum atomic E-state index is 0.536. The Morgan fingerprint density at radius 2 is 1.85 bits per heavy atom. The molecule has 104 valence electrons. The molecule has 2 aromatic rings. The molecular formula is C18H20OSe. The van der Waals surface area contributed by atoms with Crippen molar-refractivity contribution >= 4 is 30.2 Å². The van der Waals surface area contributed by atoms with Gasteiger partial charge < -0.3 is 0 Å². The van der Waals surface area contributed by atoms with E-state index in [1.54, 1.807) is 4.46 Å². The molecule has 0 unspecified atom stereocenters. The van der Waals surface area contributed by atoms with Gasteiger partial charge in [0.15, 0.2) is 0 Å². The molecule has 1 nitrogen and oxygen atoms in total. The molecule has 2 aliphatic rings. The van der Waals surface area contributed by atoms with Gasteiger partial charge in [-0.15, -0.1) is 0 Å². The Hall–Kier alpha value is -0.821. The van der Waals surface area contributed by atoms with Crippen LogP contribution >= 0.6 is 0 Å². The van der Waals surface area contributed by atoms with Crippen molar-refractivity contribution < 1.29 is 4.74 Å². The van der Waals surface area contributed by atoms with Gasteiger partial charge in [0.25, 0.3) is 0 Å². The third-order valence-corrected chi connectivity index (χ3v) is 7.69. The Labute approximate surface area is 126 Å². The molecule has 2 fully saturated rings. The molecule has 0 radical (unpaired) electrons. The molecule has 0 bridgehead atoms. The molecule has 1 aliphatic heterocycles. The number of rotatable bonds is 2. The van der Waals surface area contributed by atoms with E-state index in [1.807, 2.05) is 0 Å². The third-order valence-electron chi connectivity index (χ3n) is 4.72. The second-order valence-electron chi connectivity index (χ2n) is 5.95. The van der Waals surface area contributed by atoms with Crippen LogP contribution in [0.15, 0.2) is 42.5 Å². The molecule has 1 saturated heterocycles. The van der Waals surface area contributed by atoms with Gasteiger partial charge in [-0.05, 0) is 0 Å². The van der Waals surface area contributed by atoms with Gasteiger partial charge >= 0.3 is 127 Å². The Balaban J connectivity index is 1.64. The van der Waals surface area contributed by atoms with Crippen LogP contribution in [0.4, 0.5) is 0 Å². The van der Waals surface area contributed by atoms with Crippen LogP contribution in [0.1, 0.15) is 25.7 Å². The quantitative estimate of drug-likeness (QED) is 0.765. The molecule has 3 atom stereocenters. The fourth-order valence-electron chi connectivity index (χ4n) is 3.71. The number of hydrogen-bond acceptors (Lipinski definition) is 1. The van der Waals surface area contributed by atoms with Crippen LogP contribution in [0.5, 0.6) is 0 Å². The van der Waals surface area contributed by atoms with Gasteiger partial charge in [-0.25, -0.2) is 0 Å². The van der Waals surface area contributed by atoms with E-state index in [1.165, 1.54) is 36.5 Å². The average molecular weight is 331 g/mol. The molecular weight excluding hydrogens is 311 g/mol. The predicted octanol–water partition coefficient (Wildman–Crippen LogP) is 3.55. The Morgan fingerprint density at radius 1 is 0.950 bits per heavy atom. The average Bonchev–Trinajstić information content (AvgIpc) is 2.97. The molecule has 0 N–H and O–H groups in total. The van der Waals surface area contributed by atoms with Crippen molar-refractivity contribution in [1.82, 2.24) is 0 Å². The van der Waals surface area contributed by atoms with E-state index in [0.29, 0.717) is 21.1 Å². The maximum absolute atomic E-state index is 6.07. The summed E-state index contributed by atoms with van der Waals surface area (Å²) in [4.78, 5) is 0.787. The molecule has 4 rings (SSSR count). The van der Waals surface area contributed by atoms with E-state index in [-0.39, 0.29) is 0 Å². The van der Waals surface area contributed by atoms with E-state index in [0.717, 1.165) is 17.3 Å². The zero-order chi connectivity index (χ0) is 13.4. The third kappa shape index (κ3) is 2.30. The number of ether oxygens (including phenoxy) is 1. The van der Waals surface area contributed by atoms with Gasteiger partial charge in [-0.3, -0.25) is 0 Å². The molecule has 0 amide bonds. The van der Waals surface area contributed by atoms with Crippen molar-refractivity contribution in [2.45, 2.75) is 36.6 Å². The SMILES string of the molecule is c1ccc2c([Se][C@H]3CCC[C@@H]4CCO[C@@H]43)cccc2c1. The van der Waals surface area contributed by atoms with Crippen LogP contribution in [0.3, 0.4) is 0 Å². The van der Waals surface area contributed by atoms with Crippen LogP contribution < -0.4 is 4.46 Å². The molecule has 2 heteroatoms. The first-order chi connectivity index (χ1) is 9.92.